The highest BCUT2D eigenvalue weighted by atomic mass is 79.9. The van der Waals surface area contributed by atoms with Gasteiger partial charge in [0, 0.05) is 34.5 Å². The Labute approximate surface area is 203 Å². The van der Waals surface area contributed by atoms with E-state index >= 15 is 0 Å². The van der Waals surface area contributed by atoms with Crippen LogP contribution in [0.25, 0.3) is 0 Å². The van der Waals surface area contributed by atoms with Gasteiger partial charge in [0.2, 0.25) is 5.91 Å². The average molecular weight is 500 g/mol. The Balaban J connectivity index is 1.68. The van der Waals surface area contributed by atoms with Gasteiger partial charge in [-0.2, -0.15) is 0 Å². The number of Topliss-reactive ketones (excluding diaryl/α,β-unsaturated/α-hetero) is 1. The number of hydrogen-bond donors (Lipinski definition) is 0. The average Bonchev–Trinajstić information content (AvgIpc) is 2.82. The third-order valence-corrected chi connectivity index (χ3v) is 7.62. The van der Waals surface area contributed by atoms with Crippen molar-refractivity contribution in [2.45, 2.75) is 44.9 Å². The van der Waals surface area contributed by atoms with Crippen LogP contribution in [0.1, 0.15) is 53.4 Å². The van der Waals surface area contributed by atoms with Gasteiger partial charge >= 0.3 is 0 Å². The summed E-state index contributed by atoms with van der Waals surface area (Å²) >= 11 is 3.50. The number of amides is 1. The van der Waals surface area contributed by atoms with Crippen molar-refractivity contribution in [1.82, 2.24) is 0 Å². The van der Waals surface area contributed by atoms with Crippen LogP contribution < -0.4 is 4.90 Å². The molecule has 33 heavy (non-hydrogen) atoms. The molecular weight excluding hydrogens is 474 g/mol. The maximum absolute atomic E-state index is 13.7. The first-order valence-electron chi connectivity index (χ1n) is 11.4. The number of anilines is 1. The highest BCUT2D eigenvalue weighted by molar-refractivity contribution is 9.10. The number of aryl methyl sites for hydroxylation is 1. The molecule has 1 aliphatic heterocycles. The van der Waals surface area contributed by atoms with Crippen LogP contribution in [-0.4, -0.2) is 11.7 Å². The van der Waals surface area contributed by atoms with Crippen molar-refractivity contribution in [3.63, 3.8) is 0 Å². The quantitative estimate of drug-likeness (QED) is 0.389. The second-order valence-electron chi connectivity index (χ2n) is 9.06. The highest BCUT2D eigenvalue weighted by Crippen LogP contribution is 2.47. The zero-order chi connectivity index (χ0) is 23.1. The van der Waals surface area contributed by atoms with E-state index in [2.05, 4.69) is 48.0 Å². The Kier molecular flexibility index (Phi) is 5.79. The number of hydrogen-bond acceptors (Lipinski definition) is 2. The third kappa shape index (κ3) is 3.97. The Morgan fingerprint density at radius 1 is 0.788 bits per heavy atom. The predicted octanol–water partition coefficient (Wildman–Crippen LogP) is 6.99. The Hall–Kier alpha value is -2.98. The smallest absolute Gasteiger partial charge is 0.232 e. The molecule has 0 saturated heterocycles. The minimum atomic E-state index is -0.203. The normalized spacial score (nSPS) is 20.8. The Morgan fingerprint density at radius 3 is 2.24 bits per heavy atom. The topological polar surface area (TPSA) is 37.4 Å². The van der Waals surface area contributed by atoms with Gasteiger partial charge in [0.25, 0.3) is 0 Å². The summed E-state index contributed by atoms with van der Waals surface area (Å²) in [7, 11) is 0. The van der Waals surface area contributed by atoms with Crippen LogP contribution in [0.4, 0.5) is 5.69 Å². The summed E-state index contributed by atoms with van der Waals surface area (Å²) in [6.45, 7) is 4.12. The molecule has 0 N–H and O–H groups in total. The van der Waals surface area contributed by atoms with E-state index in [1.165, 1.54) is 0 Å². The Morgan fingerprint density at radius 2 is 1.52 bits per heavy atom. The minimum Gasteiger partial charge on any atom is -0.294 e. The number of rotatable bonds is 3. The van der Waals surface area contributed by atoms with Crippen molar-refractivity contribution in [1.29, 1.82) is 0 Å². The molecule has 5 rings (SSSR count). The first-order valence-corrected chi connectivity index (χ1v) is 12.2. The number of carbonyl (C=O) groups excluding carboxylic acids is 2. The molecule has 2 atom stereocenters. The van der Waals surface area contributed by atoms with E-state index in [0.29, 0.717) is 19.3 Å². The molecule has 1 amide bonds. The summed E-state index contributed by atoms with van der Waals surface area (Å²) in [5.41, 5.74) is 6.96. The zero-order valence-corrected chi connectivity index (χ0v) is 20.4. The van der Waals surface area contributed by atoms with Crippen molar-refractivity contribution in [3.8, 4) is 0 Å². The lowest BCUT2D eigenvalue weighted by Gasteiger charge is -2.41. The lowest BCUT2D eigenvalue weighted by molar-refractivity contribution is -0.120. The summed E-state index contributed by atoms with van der Waals surface area (Å²) in [6.07, 6.45) is 1.46. The fraction of sp³-hybridized carbons (Fsp3) is 0.241. The van der Waals surface area contributed by atoms with Crippen LogP contribution in [0.2, 0.25) is 0 Å². The van der Waals surface area contributed by atoms with Gasteiger partial charge < -0.3 is 0 Å². The molecule has 0 bridgehead atoms. The van der Waals surface area contributed by atoms with E-state index in [0.717, 1.165) is 43.7 Å². The molecule has 3 aromatic rings. The lowest BCUT2D eigenvalue weighted by atomic mass is 9.72. The summed E-state index contributed by atoms with van der Waals surface area (Å²) < 4.78 is 0.985. The van der Waals surface area contributed by atoms with Crippen molar-refractivity contribution in [3.05, 3.63) is 111 Å². The second-order valence-corrected chi connectivity index (χ2v) is 9.97. The molecule has 1 aliphatic carbocycles. The fourth-order valence-electron chi connectivity index (χ4n) is 5.23. The van der Waals surface area contributed by atoms with E-state index < -0.39 is 0 Å². The van der Waals surface area contributed by atoms with Gasteiger partial charge in [-0.25, -0.2) is 0 Å². The SMILES string of the molecule is Cc1cccc(N2C(=O)CC(c3ccc(Br)cc3)C3=C2CC(c2ccccc2)CC3=O)c1C. The van der Waals surface area contributed by atoms with Gasteiger partial charge in [-0.15, -0.1) is 0 Å². The van der Waals surface area contributed by atoms with Crippen LogP contribution in [-0.2, 0) is 9.59 Å². The molecule has 1 heterocycles. The van der Waals surface area contributed by atoms with Crippen LogP contribution >= 0.6 is 15.9 Å². The summed E-state index contributed by atoms with van der Waals surface area (Å²) in [5, 5.41) is 0. The molecule has 2 aliphatic rings. The number of allylic oxidation sites excluding steroid dienone is 2. The molecule has 166 valence electrons. The van der Waals surface area contributed by atoms with Gasteiger partial charge in [0.05, 0.1) is 5.69 Å². The third-order valence-electron chi connectivity index (χ3n) is 7.09. The number of carbonyl (C=O) groups is 2. The van der Waals surface area contributed by atoms with Gasteiger partial charge in [0.15, 0.2) is 5.78 Å². The van der Waals surface area contributed by atoms with E-state index in [-0.39, 0.29) is 23.5 Å². The van der Waals surface area contributed by atoms with Gasteiger partial charge in [-0.1, -0.05) is 70.5 Å². The number of halogens is 1. The molecule has 3 nitrogen and oxygen atoms in total. The van der Waals surface area contributed by atoms with E-state index in [4.69, 9.17) is 0 Å². The maximum Gasteiger partial charge on any atom is 0.232 e. The number of nitrogens with zero attached hydrogens (tertiary/aromatic N) is 1. The van der Waals surface area contributed by atoms with Crippen LogP contribution in [0, 0.1) is 13.8 Å². The van der Waals surface area contributed by atoms with E-state index in [9.17, 15) is 9.59 Å². The predicted molar refractivity (Wildman–Crippen MR) is 135 cm³/mol. The van der Waals surface area contributed by atoms with Gasteiger partial charge in [0.1, 0.15) is 0 Å². The van der Waals surface area contributed by atoms with Crippen LogP contribution in [0.3, 0.4) is 0 Å². The lowest BCUT2D eigenvalue weighted by Crippen LogP contribution is -2.42. The summed E-state index contributed by atoms with van der Waals surface area (Å²) in [5.74, 6) is 0.0745. The minimum absolute atomic E-state index is 0.0527. The molecule has 0 radical (unpaired) electrons. The molecule has 0 spiro atoms. The highest BCUT2D eigenvalue weighted by Gasteiger charge is 2.42. The number of benzene rings is 3. The second kappa shape index (κ2) is 8.75. The zero-order valence-electron chi connectivity index (χ0n) is 18.8. The maximum atomic E-state index is 13.7. The fourth-order valence-corrected chi connectivity index (χ4v) is 5.50. The largest absolute Gasteiger partial charge is 0.294 e. The number of ketones is 1. The van der Waals surface area contributed by atoms with Crippen molar-refractivity contribution < 1.29 is 9.59 Å². The van der Waals surface area contributed by atoms with Crippen LogP contribution in [0.5, 0.6) is 0 Å². The molecule has 0 saturated carbocycles. The molecule has 2 unspecified atom stereocenters. The van der Waals surface area contributed by atoms with Gasteiger partial charge in [-0.05, 0) is 66.6 Å². The molecule has 0 aromatic heterocycles. The van der Waals surface area contributed by atoms with E-state index in [1.807, 2.05) is 59.5 Å². The van der Waals surface area contributed by atoms with Crippen molar-refractivity contribution in [2.75, 3.05) is 4.90 Å². The first-order chi connectivity index (χ1) is 15.9. The van der Waals surface area contributed by atoms with E-state index in [1.54, 1.807) is 0 Å². The first kappa shape index (κ1) is 21.8. The summed E-state index contributed by atoms with van der Waals surface area (Å²) in [6, 6.07) is 24.3. The molecule has 3 aromatic carbocycles. The monoisotopic (exact) mass is 499 g/mol. The Bertz CT molecular complexity index is 1260. The standard InChI is InChI=1S/C29H26BrNO2/c1-18-7-6-10-25(19(18)2)31-26-15-22(20-8-4-3-5-9-20)16-27(32)29(26)24(17-28(31)33)21-11-13-23(30)14-12-21/h3-14,22,24H,15-17H2,1-2H3. The summed E-state index contributed by atoms with van der Waals surface area (Å²) in [4.78, 5) is 29.2. The van der Waals surface area contributed by atoms with Crippen molar-refractivity contribution in [2.24, 2.45) is 0 Å². The van der Waals surface area contributed by atoms with Crippen molar-refractivity contribution >= 4 is 33.3 Å². The molecule has 0 fully saturated rings. The van der Waals surface area contributed by atoms with Gasteiger partial charge in [-0.3, -0.25) is 14.5 Å². The molecular formula is C29H26BrNO2. The van der Waals surface area contributed by atoms with Crippen LogP contribution in [0.15, 0.2) is 88.5 Å². The molecule has 4 heteroatoms.